The molecule has 0 unspecified atom stereocenters. The Hall–Kier alpha value is -3.92. The summed E-state index contributed by atoms with van der Waals surface area (Å²) >= 11 is 0. The van der Waals surface area contributed by atoms with Crippen molar-refractivity contribution in [3.8, 4) is 22.8 Å². The fourth-order valence-corrected chi connectivity index (χ4v) is 4.52. The van der Waals surface area contributed by atoms with Gasteiger partial charge in [0.05, 0.1) is 41.2 Å². The number of hydrogen-bond acceptors (Lipinski definition) is 8. The first-order chi connectivity index (χ1) is 16.8. The largest absolute Gasteiger partial charge is 0.389 e. The maximum absolute atomic E-state index is 10.1. The van der Waals surface area contributed by atoms with Gasteiger partial charge in [0.25, 0.3) is 5.89 Å². The van der Waals surface area contributed by atoms with E-state index in [0.29, 0.717) is 24.2 Å². The highest BCUT2D eigenvalue weighted by atomic mass is 16.5. The van der Waals surface area contributed by atoms with Crippen molar-refractivity contribution in [1.29, 1.82) is 0 Å². The number of nitrogens with zero attached hydrogens (tertiary/aromatic N) is 7. The number of aliphatic hydroxyl groups is 1. The third kappa shape index (κ3) is 3.99. The molecule has 35 heavy (non-hydrogen) atoms. The van der Waals surface area contributed by atoms with Gasteiger partial charge in [-0.3, -0.25) is 9.67 Å². The van der Waals surface area contributed by atoms with Gasteiger partial charge in [-0.05, 0) is 57.2 Å². The molecule has 0 aromatic carbocycles. The minimum atomic E-state index is -0.869. The Morgan fingerprint density at radius 1 is 1.06 bits per heavy atom. The van der Waals surface area contributed by atoms with E-state index in [1.165, 1.54) is 0 Å². The van der Waals surface area contributed by atoms with E-state index in [1.54, 1.807) is 30.9 Å². The lowest BCUT2D eigenvalue weighted by molar-refractivity contribution is 0.0577. The average Bonchev–Trinajstić information content (AvgIpc) is 3.21. The van der Waals surface area contributed by atoms with Crippen LogP contribution in [0.25, 0.3) is 34.0 Å². The van der Waals surface area contributed by atoms with Crippen molar-refractivity contribution >= 4 is 11.2 Å². The van der Waals surface area contributed by atoms with E-state index in [2.05, 4.69) is 38.2 Å². The lowest BCUT2D eigenvalue weighted by Crippen LogP contribution is -2.28. The number of fused-ring (bicyclic) bond motifs is 1. The first-order valence-corrected chi connectivity index (χ1v) is 11.7. The van der Waals surface area contributed by atoms with E-state index in [9.17, 15) is 5.11 Å². The van der Waals surface area contributed by atoms with Gasteiger partial charge in [-0.15, -0.1) is 0 Å². The topological polar surface area (TPSA) is 131 Å². The first-order valence-electron chi connectivity index (χ1n) is 11.7. The van der Waals surface area contributed by atoms with E-state index in [4.69, 9.17) is 14.5 Å². The summed E-state index contributed by atoms with van der Waals surface area (Å²) in [6, 6.07) is 5.94. The predicted molar refractivity (Wildman–Crippen MR) is 128 cm³/mol. The Balaban J connectivity index is 1.30. The molecule has 6 rings (SSSR count). The molecule has 5 aromatic rings. The molecular formula is C25H26N8O2. The fraction of sp³-hybridized carbons (Fsp3) is 0.360. The Morgan fingerprint density at radius 3 is 2.66 bits per heavy atom. The average molecular weight is 471 g/mol. The Morgan fingerprint density at radius 2 is 1.91 bits per heavy atom. The zero-order valence-corrected chi connectivity index (χ0v) is 19.8. The highest BCUT2D eigenvalue weighted by Crippen LogP contribution is 2.50. The van der Waals surface area contributed by atoms with Gasteiger partial charge >= 0.3 is 0 Å². The third-order valence-corrected chi connectivity index (χ3v) is 6.60. The quantitative estimate of drug-likeness (QED) is 0.368. The Kier molecular flexibility index (Phi) is 4.82. The second-order valence-corrected chi connectivity index (χ2v) is 10.0. The van der Waals surface area contributed by atoms with E-state index < -0.39 is 11.0 Å². The molecular weight excluding hydrogens is 444 g/mol. The van der Waals surface area contributed by atoms with Crippen molar-refractivity contribution in [1.82, 2.24) is 39.9 Å². The summed E-state index contributed by atoms with van der Waals surface area (Å²) in [5.74, 6) is 1.45. The van der Waals surface area contributed by atoms with Crippen LogP contribution in [0.3, 0.4) is 0 Å². The van der Waals surface area contributed by atoms with Crippen LogP contribution in [0.2, 0.25) is 0 Å². The molecule has 1 fully saturated rings. The molecule has 0 radical (unpaired) electrons. The summed E-state index contributed by atoms with van der Waals surface area (Å²) in [7, 11) is 0. The highest BCUT2D eigenvalue weighted by Gasteiger charge is 2.47. The van der Waals surface area contributed by atoms with Gasteiger partial charge in [0.1, 0.15) is 11.2 Å². The summed E-state index contributed by atoms with van der Waals surface area (Å²) in [5, 5.41) is 18.7. The van der Waals surface area contributed by atoms with Gasteiger partial charge in [-0.2, -0.15) is 10.1 Å². The molecule has 5 heterocycles. The molecule has 10 nitrogen and oxygen atoms in total. The molecule has 0 saturated heterocycles. The van der Waals surface area contributed by atoms with Crippen molar-refractivity contribution in [2.24, 2.45) is 5.92 Å². The van der Waals surface area contributed by atoms with Gasteiger partial charge in [0.2, 0.25) is 0 Å². The van der Waals surface area contributed by atoms with Crippen molar-refractivity contribution in [3.63, 3.8) is 0 Å². The maximum Gasteiger partial charge on any atom is 0.261 e. The van der Waals surface area contributed by atoms with E-state index in [-0.39, 0.29) is 0 Å². The van der Waals surface area contributed by atoms with Crippen molar-refractivity contribution in [3.05, 3.63) is 60.6 Å². The van der Waals surface area contributed by atoms with Gasteiger partial charge in [-0.25, -0.2) is 9.97 Å². The molecule has 1 aliphatic carbocycles. The van der Waals surface area contributed by atoms with Crippen LogP contribution in [0, 0.1) is 5.92 Å². The van der Waals surface area contributed by atoms with Gasteiger partial charge < -0.3 is 14.6 Å². The molecule has 0 spiro atoms. The van der Waals surface area contributed by atoms with Crippen LogP contribution in [-0.2, 0) is 12.0 Å². The predicted octanol–water partition coefficient (Wildman–Crippen LogP) is 3.75. The second kappa shape index (κ2) is 7.81. The number of nitrogens with one attached hydrogen (secondary N) is 1. The van der Waals surface area contributed by atoms with E-state index >= 15 is 0 Å². The zero-order valence-electron chi connectivity index (χ0n) is 19.8. The fourth-order valence-electron chi connectivity index (χ4n) is 4.52. The van der Waals surface area contributed by atoms with Gasteiger partial charge in [0, 0.05) is 18.6 Å². The summed E-state index contributed by atoms with van der Waals surface area (Å²) in [6.07, 6.45) is 11.1. The smallest absolute Gasteiger partial charge is 0.261 e. The van der Waals surface area contributed by atoms with Crippen molar-refractivity contribution in [2.75, 3.05) is 0 Å². The summed E-state index contributed by atoms with van der Waals surface area (Å²) in [5.41, 5.74) is 3.50. The van der Waals surface area contributed by atoms with Crippen LogP contribution in [0.4, 0.5) is 0 Å². The number of pyridine rings is 1. The molecule has 1 aliphatic rings. The van der Waals surface area contributed by atoms with Crippen LogP contribution in [0.1, 0.15) is 45.0 Å². The molecule has 2 N–H and O–H groups in total. The standard InChI is InChI=1S/C25H26N8O2/c1-24(2,34)14-33-13-15(10-29-33)22-31-23(32-35-22)25(3,16-4-5-16)17-6-7-18(27-11-17)20-12-28-21-19(30-20)8-9-26-21/h6-13,16,34H,4-5,14H2,1-3H3,(H,26,28)/t25-/m1/s1. The van der Waals surface area contributed by atoms with E-state index in [1.807, 2.05) is 30.7 Å². The second-order valence-electron chi connectivity index (χ2n) is 10.0. The normalized spacial score (nSPS) is 16.0. The van der Waals surface area contributed by atoms with Crippen LogP contribution in [0.5, 0.6) is 0 Å². The van der Waals surface area contributed by atoms with Gasteiger partial charge in [0.15, 0.2) is 11.5 Å². The zero-order chi connectivity index (χ0) is 24.2. The Labute approximate surface area is 201 Å². The van der Waals surface area contributed by atoms with E-state index in [0.717, 1.165) is 46.5 Å². The number of hydrogen-bond donors (Lipinski definition) is 2. The number of aromatic nitrogens is 8. The van der Waals surface area contributed by atoms with Crippen LogP contribution in [-0.4, -0.2) is 50.6 Å². The minimum Gasteiger partial charge on any atom is -0.389 e. The third-order valence-electron chi connectivity index (χ3n) is 6.60. The summed E-state index contributed by atoms with van der Waals surface area (Å²) in [4.78, 5) is 21.6. The molecule has 10 heteroatoms. The summed E-state index contributed by atoms with van der Waals surface area (Å²) < 4.78 is 7.32. The molecule has 0 bridgehead atoms. The number of rotatable bonds is 7. The monoisotopic (exact) mass is 470 g/mol. The Bertz CT molecular complexity index is 1490. The number of aromatic amines is 1. The van der Waals surface area contributed by atoms with Crippen LogP contribution < -0.4 is 0 Å². The SMILES string of the molecule is CC(C)(O)Cn1cc(-c2nc([C@@](C)(c3ccc(-c4cnc5[nH]ccc5n4)nc3)C3CC3)no2)cn1. The molecule has 1 atom stereocenters. The molecule has 0 amide bonds. The van der Waals surface area contributed by atoms with Gasteiger partial charge in [-0.1, -0.05) is 11.2 Å². The summed E-state index contributed by atoms with van der Waals surface area (Å²) in [6.45, 7) is 6.00. The molecule has 5 aromatic heterocycles. The van der Waals surface area contributed by atoms with Crippen molar-refractivity contribution in [2.45, 2.75) is 51.2 Å². The van der Waals surface area contributed by atoms with Crippen LogP contribution in [0.15, 0.2) is 53.7 Å². The van der Waals surface area contributed by atoms with Crippen LogP contribution >= 0.6 is 0 Å². The maximum atomic E-state index is 10.1. The number of H-pyrrole nitrogens is 1. The molecule has 0 aliphatic heterocycles. The lowest BCUT2D eigenvalue weighted by atomic mass is 9.77. The molecule has 178 valence electrons. The first kappa shape index (κ1) is 21.6. The van der Waals surface area contributed by atoms with Crippen molar-refractivity contribution < 1.29 is 9.63 Å². The minimum absolute atomic E-state index is 0.368. The highest BCUT2D eigenvalue weighted by molar-refractivity contribution is 5.73. The lowest BCUT2D eigenvalue weighted by Gasteiger charge is -2.26. The molecule has 1 saturated carbocycles.